The molecular formula is C17H15ClN2O. The Bertz CT molecular complexity index is 768. The molecule has 0 aliphatic heterocycles. The van der Waals surface area contributed by atoms with Gasteiger partial charge >= 0.3 is 0 Å². The molecule has 4 heteroatoms. The molecular weight excluding hydrogens is 284 g/mol. The lowest BCUT2D eigenvalue weighted by Gasteiger charge is -2.12. The highest BCUT2D eigenvalue weighted by molar-refractivity contribution is 6.30. The fraction of sp³-hybridized carbons (Fsp3) is 0.118. The van der Waals surface area contributed by atoms with Crippen LogP contribution in [0.15, 0.2) is 54.7 Å². The molecule has 1 aromatic heterocycles. The Morgan fingerprint density at radius 1 is 1.10 bits per heavy atom. The molecule has 3 rings (SSSR count). The summed E-state index contributed by atoms with van der Waals surface area (Å²) in [4.78, 5) is 4.40. The molecule has 0 aliphatic carbocycles. The molecule has 2 aromatic carbocycles. The fourth-order valence-electron chi connectivity index (χ4n) is 2.25. The summed E-state index contributed by atoms with van der Waals surface area (Å²) < 4.78 is 6.07. The van der Waals surface area contributed by atoms with Gasteiger partial charge in [0, 0.05) is 28.7 Å². The van der Waals surface area contributed by atoms with Crippen LogP contribution < -0.4 is 10.1 Å². The topological polar surface area (TPSA) is 34.1 Å². The third-order valence-corrected chi connectivity index (χ3v) is 3.44. The molecule has 0 bridgehead atoms. The molecule has 0 amide bonds. The van der Waals surface area contributed by atoms with Crippen molar-refractivity contribution in [1.82, 2.24) is 10.3 Å². The molecule has 0 saturated heterocycles. The zero-order chi connectivity index (χ0) is 14.7. The SMILES string of the molecule is CNCc1cc(Cl)ccc1Oc1cccc2cccnc12. The van der Waals surface area contributed by atoms with E-state index < -0.39 is 0 Å². The Morgan fingerprint density at radius 2 is 1.95 bits per heavy atom. The van der Waals surface area contributed by atoms with Gasteiger partial charge in [0.25, 0.3) is 0 Å². The minimum atomic E-state index is 0.689. The molecule has 0 fully saturated rings. The highest BCUT2D eigenvalue weighted by Gasteiger charge is 2.08. The van der Waals surface area contributed by atoms with Gasteiger partial charge in [-0.15, -0.1) is 0 Å². The number of benzene rings is 2. The van der Waals surface area contributed by atoms with Gasteiger partial charge in [0.1, 0.15) is 11.3 Å². The van der Waals surface area contributed by atoms with E-state index in [2.05, 4.69) is 10.3 Å². The number of halogens is 1. The van der Waals surface area contributed by atoms with Crippen molar-refractivity contribution in [2.75, 3.05) is 7.05 Å². The Labute approximate surface area is 128 Å². The molecule has 0 spiro atoms. The third kappa shape index (κ3) is 2.99. The van der Waals surface area contributed by atoms with E-state index in [0.29, 0.717) is 11.6 Å². The van der Waals surface area contributed by atoms with Crippen LogP contribution in [0.4, 0.5) is 0 Å². The van der Waals surface area contributed by atoms with Crippen LogP contribution in [0.2, 0.25) is 5.02 Å². The van der Waals surface area contributed by atoms with Gasteiger partial charge in [0.2, 0.25) is 0 Å². The van der Waals surface area contributed by atoms with Crippen LogP contribution in [0, 0.1) is 0 Å². The zero-order valence-electron chi connectivity index (χ0n) is 11.6. The molecule has 1 N–H and O–H groups in total. The predicted octanol–water partition coefficient (Wildman–Crippen LogP) is 4.40. The maximum Gasteiger partial charge on any atom is 0.153 e. The number of nitrogens with one attached hydrogen (secondary N) is 1. The van der Waals surface area contributed by atoms with Crippen LogP contribution in [0.3, 0.4) is 0 Å². The van der Waals surface area contributed by atoms with E-state index in [0.717, 1.165) is 28.0 Å². The number of fused-ring (bicyclic) bond motifs is 1. The summed E-state index contributed by atoms with van der Waals surface area (Å²) in [6.07, 6.45) is 1.77. The number of para-hydroxylation sites is 1. The number of pyridine rings is 1. The van der Waals surface area contributed by atoms with Crippen molar-refractivity contribution in [2.45, 2.75) is 6.54 Å². The zero-order valence-corrected chi connectivity index (χ0v) is 12.4. The lowest BCUT2D eigenvalue weighted by Crippen LogP contribution is -2.06. The van der Waals surface area contributed by atoms with Gasteiger partial charge in [-0.3, -0.25) is 4.98 Å². The van der Waals surface area contributed by atoms with Gasteiger partial charge in [-0.05, 0) is 37.4 Å². The number of aromatic nitrogens is 1. The monoisotopic (exact) mass is 298 g/mol. The smallest absolute Gasteiger partial charge is 0.153 e. The molecule has 3 aromatic rings. The third-order valence-electron chi connectivity index (χ3n) is 3.21. The van der Waals surface area contributed by atoms with Gasteiger partial charge in [0.05, 0.1) is 0 Å². The molecule has 21 heavy (non-hydrogen) atoms. The summed E-state index contributed by atoms with van der Waals surface area (Å²) in [5, 5.41) is 4.87. The average Bonchev–Trinajstić information content (AvgIpc) is 2.50. The van der Waals surface area contributed by atoms with Gasteiger partial charge in [0.15, 0.2) is 5.75 Å². The lowest BCUT2D eigenvalue weighted by atomic mass is 10.2. The van der Waals surface area contributed by atoms with E-state index in [-0.39, 0.29) is 0 Å². The van der Waals surface area contributed by atoms with Crippen LogP contribution in [-0.2, 0) is 6.54 Å². The first kappa shape index (κ1) is 13.9. The van der Waals surface area contributed by atoms with E-state index in [4.69, 9.17) is 16.3 Å². The molecule has 106 valence electrons. The molecule has 3 nitrogen and oxygen atoms in total. The van der Waals surface area contributed by atoms with Crippen molar-refractivity contribution in [1.29, 1.82) is 0 Å². The molecule has 0 atom stereocenters. The quantitative estimate of drug-likeness (QED) is 0.775. The maximum absolute atomic E-state index is 6.07. The number of hydrogen-bond donors (Lipinski definition) is 1. The second kappa shape index (κ2) is 6.12. The summed E-state index contributed by atoms with van der Waals surface area (Å²) in [5.41, 5.74) is 1.86. The van der Waals surface area contributed by atoms with Crippen LogP contribution >= 0.6 is 11.6 Å². The molecule has 0 aliphatic rings. The number of nitrogens with zero attached hydrogens (tertiary/aromatic N) is 1. The second-order valence-corrected chi connectivity index (χ2v) is 5.15. The van der Waals surface area contributed by atoms with Crippen molar-refractivity contribution in [2.24, 2.45) is 0 Å². The van der Waals surface area contributed by atoms with Crippen molar-refractivity contribution < 1.29 is 4.74 Å². The van der Waals surface area contributed by atoms with Crippen molar-refractivity contribution >= 4 is 22.5 Å². The number of ether oxygens (including phenoxy) is 1. The number of rotatable bonds is 4. The first-order valence-corrected chi connectivity index (χ1v) is 7.10. The van der Waals surface area contributed by atoms with E-state index in [1.54, 1.807) is 6.20 Å². The number of hydrogen-bond acceptors (Lipinski definition) is 3. The Balaban J connectivity index is 2.02. The summed E-state index contributed by atoms with van der Waals surface area (Å²) in [6.45, 7) is 0.689. The summed E-state index contributed by atoms with van der Waals surface area (Å²) in [7, 11) is 1.89. The maximum atomic E-state index is 6.07. The Morgan fingerprint density at radius 3 is 2.81 bits per heavy atom. The summed E-state index contributed by atoms with van der Waals surface area (Å²) in [5.74, 6) is 1.53. The largest absolute Gasteiger partial charge is 0.455 e. The minimum absolute atomic E-state index is 0.689. The van der Waals surface area contributed by atoms with E-state index >= 15 is 0 Å². The second-order valence-electron chi connectivity index (χ2n) is 4.72. The van der Waals surface area contributed by atoms with Crippen molar-refractivity contribution in [3.63, 3.8) is 0 Å². The lowest BCUT2D eigenvalue weighted by molar-refractivity contribution is 0.478. The van der Waals surface area contributed by atoms with Crippen LogP contribution in [-0.4, -0.2) is 12.0 Å². The first-order valence-electron chi connectivity index (χ1n) is 6.72. The molecule has 0 unspecified atom stereocenters. The van der Waals surface area contributed by atoms with Crippen LogP contribution in [0.25, 0.3) is 10.9 Å². The average molecular weight is 299 g/mol. The molecule has 0 radical (unpaired) electrons. The highest BCUT2D eigenvalue weighted by atomic mass is 35.5. The van der Waals surface area contributed by atoms with E-state index in [1.807, 2.05) is 55.6 Å². The van der Waals surface area contributed by atoms with Crippen LogP contribution in [0.1, 0.15) is 5.56 Å². The Hall–Kier alpha value is -2.10. The molecule has 0 saturated carbocycles. The fourth-order valence-corrected chi connectivity index (χ4v) is 2.45. The minimum Gasteiger partial charge on any atom is -0.455 e. The first-order chi connectivity index (χ1) is 10.3. The summed E-state index contributed by atoms with van der Waals surface area (Å²) in [6, 6.07) is 15.5. The van der Waals surface area contributed by atoms with Gasteiger partial charge in [-0.25, -0.2) is 0 Å². The highest BCUT2D eigenvalue weighted by Crippen LogP contribution is 2.31. The van der Waals surface area contributed by atoms with E-state index in [9.17, 15) is 0 Å². The normalized spacial score (nSPS) is 10.8. The predicted molar refractivity (Wildman–Crippen MR) is 86.0 cm³/mol. The van der Waals surface area contributed by atoms with Gasteiger partial charge in [-0.1, -0.05) is 29.8 Å². The standard InChI is InChI=1S/C17H15ClN2O/c1-19-11-13-10-14(18)7-8-15(13)21-16-6-2-4-12-5-3-9-20-17(12)16/h2-10,19H,11H2,1H3. The van der Waals surface area contributed by atoms with Crippen molar-refractivity contribution in [3.05, 3.63) is 65.3 Å². The van der Waals surface area contributed by atoms with E-state index in [1.165, 1.54) is 0 Å². The Kier molecular flexibility index (Phi) is 4.04. The summed E-state index contributed by atoms with van der Waals surface area (Å²) >= 11 is 6.05. The van der Waals surface area contributed by atoms with Gasteiger partial charge in [-0.2, -0.15) is 0 Å². The van der Waals surface area contributed by atoms with Crippen LogP contribution in [0.5, 0.6) is 11.5 Å². The molecule has 1 heterocycles. The van der Waals surface area contributed by atoms with Gasteiger partial charge < -0.3 is 10.1 Å². The van der Waals surface area contributed by atoms with Crippen molar-refractivity contribution in [3.8, 4) is 11.5 Å².